The second-order valence-electron chi connectivity index (χ2n) is 3.76. The van der Waals surface area contributed by atoms with E-state index in [0.29, 0.717) is 0 Å². The highest BCUT2D eigenvalue weighted by atomic mass is 19.1. The number of benzene rings is 1. The van der Waals surface area contributed by atoms with Crippen LogP contribution >= 0.6 is 0 Å². The molecule has 2 aromatic rings. The number of aromatic nitrogens is 1. The fraction of sp³-hybridized carbons (Fsp3) is 0. The van der Waals surface area contributed by atoms with Crippen molar-refractivity contribution in [3.05, 3.63) is 59.4 Å². The molecule has 20 heavy (non-hydrogen) atoms. The van der Waals surface area contributed by atoms with Crippen molar-refractivity contribution in [1.82, 2.24) is 4.98 Å². The molecule has 2 rings (SSSR count). The number of amides is 1. The van der Waals surface area contributed by atoms with E-state index >= 15 is 0 Å². The van der Waals surface area contributed by atoms with Crippen LogP contribution < -0.4 is 5.32 Å². The molecule has 1 amide bonds. The number of halogens is 2. The summed E-state index contributed by atoms with van der Waals surface area (Å²) in [6.07, 6.45) is 1.21. The van der Waals surface area contributed by atoms with Crippen molar-refractivity contribution in [2.24, 2.45) is 0 Å². The average Bonchev–Trinajstić information content (AvgIpc) is 2.43. The molecule has 2 N–H and O–H groups in total. The molecule has 1 aromatic carbocycles. The van der Waals surface area contributed by atoms with Gasteiger partial charge in [-0.1, -0.05) is 6.07 Å². The molecule has 0 saturated carbocycles. The number of hydrogen-bond acceptors (Lipinski definition) is 3. The zero-order valence-corrected chi connectivity index (χ0v) is 9.93. The van der Waals surface area contributed by atoms with Gasteiger partial charge >= 0.3 is 5.97 Å². The van der Waals surface area contributed by atoms with Crippen molar-refractivity contribution < 1.29 is 23.5 Å². The highest BCUT2D eigenvalue weighted by molar-refractivity contribution is 6.09. The van der Waals surface area contributed by atoms with Gasteiger partial charge in [-0.05, 0) is 24.3 Å². The minimum atomic E-state index is -1.36. The first-order valence-corrected chi connectivity index (χ1v) is 5.44. The Bertz CT molecular complexity index is 669. The first kappa shape index (κ1) is 13.6. The third-order valence-corrected chi connectivity index (χ3v) is 2.45. The average molecular weight is 278 g/mol. The zero-order valence-electron chi connectivity index (χ0n) is 9.93. The molecular formula is C13H8F2N2O3. The topological polar surface area (TPSA) is 79.3 Å². The molecule has 7 heteroatoms. The lowest BCUT2D eigenvalue weighted by Gasteiger charge is -2.08. The van der Waals surface area contributed by atoms with Gasteiger partial charge in [0.1, 0.15) is 23.0 Å². The van der Waals surface area contributed by atoms with Crippen LogP contribution in [0.3, 0.4) is 0 Å². The van der Waals surface area contributed by atoms with Crippen LogP contribution in [0, 0.1) is 11.6 Å². The van der Waals surface area contributed by atoms with Gasteiger partial charge in [0.2, 0.25) is 0 Å². The predicted octanol–water partition coefficient (Wildman–Crippen LogP) is 2.31. The minimum absolute atomic E-state index is 0.359. The molecule has 5 nitrogen and oxygen atoms in total. The lowest BCUT2D eigenvalue weighted by atomic mass is 10.2. The van der Waals surface area contributed by atoms with Crippen LogP contribution in [0.15, 0.2) is 36.5 Å². The Balaban J connectivity index is 2.36. The Morgan fingerprint density at radius 2 is 1.75 bits per heavy atom. The Morgan fingerprint density at radius 1 is 1.10 bits per heavy atom. The lowest BCUT2D eigenvalue weighted by molar-refractivity contribution is 0.0691. The van der Waals surface area contributed by atoms with E-state index in [1.54, 1.807) is 0 Å². The van der Waals surface area contributed by atoms with Gasteiger partial charge in [0, 0.05) is 6.20 Å². The monoisotopic (exact) mass is 278 g/mol. The quantitative estimate of drug-likeness (QED) is 0.903. The van der Waals surface area contributed by atoms with Crippen LogP contribution in [0.25, 0.3) is 0 Å². The van der Waals surface area contributed by atoms with E-state index in [0.717, 1.165) is 18.2 Å². The molecule has 1 aromatic heterocycles. The summed E-state index contributed by atoms with van der Waals surface area (Å²) >= 11 is 0. The Morgan fingerprint density at radius 3 is 2.35 bits per heavy atom. The van der Waals surface area contributed by atoms with E-state index in [9.17, 15) is 18.4 Å². The summed E-state index contributed by atoms with van der Waals surface area (Å²) in [5.74, 6) is -4.30. The normalized spacial score (nSPS) is 10.1. The first-order valence-electron chi connectivity index (χ1n) is 5.44. The van der Waals surface area contributed by atoms with Crippen molar-refractivity contribution in [3.8, 4) is 0 Å². The van der Waals surface area contributed by atoms with Crippen LogP contribution in [0.1, 0.15) is 20.8 Å². The van der Waals surface area contributed by atoms with Gasteiger partial charge in [-0.25, -0.2) is 13.6 Å². The maximum absolute atomic E-state index is 13.4. The number of anilines is 1. The van der Waals surface area contributed by atoms with Crippen LogP contribution in [0.4, 0.5) is 14.5 Å². The number of nitrogens with zero attached hydrogens (tertiary/aromatic N) is 1. The number of hydrogen-bond donors (Lipinski definition) is 2. The molecule has 0 aliphatic carbocycles. The third kappa shape index (κ3) is 2.61. The fourth-order valence-corrected chi connectivity index (χ4v) is 1.55. The number of para-hydroxylation sites is 1. The molecule has 0 atom stereocenters. The Kier molecular flexibility index (Phi) is 3.69. The van der Waals surface area contributed by atoms with Gasteiger partial charge < -0.3 is 10.4 Å². The molecular weight excluding hydrogens is 270 g/mol. The number of rotatable bonds is 3. The van der Waals surface area contributed by atoms with Gasteiger partial charge in [0.25, 0.3) is 5.91 Å². The largest absolute Gasteiger partial charge is 0.478 e. The van der Waals surface area contributed by atoms with E-state index in [1.807, 2.05) is 5.32 Å². The van der Waals surface area contributed by atoms with Crippen LogP contribution in [-0.2, 0) is 0 Å². The second kappa shape index (κ2) is 5.43. The predicted molar refractivity (Wildman–Crippen MR) is 65.5 cm³/mol. The molecule has 0 unspecified atom stereocenters. The number of carboxylic acid groups (broad SMARTS) is 1. The second-order valence-corrected chi connectivity index (χ2v) is 3.76. The van der Waals surface area contributed by atoms with E-state index in [2.05, 4.69) is 4.98 Å². The van der Waals surface area contributed by atoms with Gasteiger partial charge in [0.05, 0.1) is 5.56 Å². The molecule has 1 heterocycles. The van der Waals surface area contributed by atoms with Crippen molar-refractivity contribution in [3.63, 3.8) is 0 Å². The van der Waals surface area contributed by atoms with Crippen molar-refractivity contribution >= 4 is 17.6 Å². The van der Waals surface area contributed by atoms with Crippen LogP contribution in [-0.4, -0.2) is 22.0 Å². The van der Waals surface area contributed by atoms with Crippen LogP contribution in [0.5, 0.6) is 0 Å². The molecule has 0 aliphatic rings. The van der Waals surface area contributed by atoms with Crippen LogP contribution in [0.2, 0.25) is 0 Å². The molecule has 0 spiro atoms. The minimum Gasteiger partial charge on any atom is -0.478 e. The number of aromatic carboxylic acids is 1. The Labute approximate surface area is 111 Å². The summed E-state index contributed by atoms with van der Waals surface area (Å²) in [6.45, 7) is 0. The standard InChI is InChI=1S/C13H8F2N2O3/c14-8-4-1-5-9(15)11(8)17-12(18)10-7(13(19)20)3-2-6-16-10/h1-6H,(H,17,18)(H,19,20). The smallest absolute Gasteiger partial charge is 0.338 e. The number of nitrogens with one attached hydrogen (secondary N) is 1. The van der Waals surface area contributed by atoms with E-state index in [-0.39, 0.29) is 5.56 Å². The number of pyridine rings is 1. The maximum Gasteiger partial charge on any atom is 0.338 e. The molecule has 0 radical (unpaired) electrons. The summed E-state index contributed by atoms with van der Waals surface area (Å²) in [6, 6.07) is 5.58. The zero-order chi connectivity index (χ0) is 14.7. The summed E-state index contributed by atoms with van der Waals surface area (Å²) in [5, 5.41) is 10.9. The number of carbonyl (C=O) groups excluding carboxylic acids is 1. The highest BCUT2D eigenvalue weighted by Crippen LogP contribution is 2.19. The van der Waals surface area contributed by atoms with Crippen molar-refractivity contribution in [2.75, 3.05) is 5.32 Å². The fourth-order valence-electron chi connectivity index (χ4n) is 1.55. The first-order chi connectivity index (χ1) is 9.50. The van der Waals surface area contributed by atoms with E-state index in [1.165, 1.54) is 18.3 Å². The summed E-state index contributed by atoms with van der Waals surface area (Å²) in [5.41, 5.74) is -1.44. The van der Waals surface area contributed by atoms with Gasteiger partial charge in [-0.15, -0.1) is 0 Å². The Hall–Kier alpha value is -2.83. The maximum atomic E-state index is 13.4. The molecule has 0 saturated heterocycles. The molecule has 102 valence electrons. The highest BCUT2D eigenvalue weighted by Gasteiger charge is 2.20. The molecule has 0 bridgehead atoms. The van der Waals surface area contributed by atoms with E-state index in [4.69, 9.17) is 5.11 Å². The lowest BCUT2D eigenvalue weighted by Crippen LogP contribution is -2.19. The third-order valence-electron chi connectivity index (χ3n) is 2.45. The van der Waals surface area contributed by atoms with Gasteiger partial charge in [-0.3, -0.25) is 9.78 Å². The van der Waals surface area contributed by atoms with Crippen molar-refractivity contribution in [1.29, 1.82) is 0 Å². The number of carbonyl (C=O) groups is 2. The number of carboxylic acids is 1. The summed E-state index contributed by atoms with van der Waals surface area (Å²) in [4.78, 5) is 26.4. The SMILES string of the molecule is O=C(O)c1cccnc1C(=O)Nc1c(F)cccc1F. The van der Waals surface area contributed by atoms with Gasteiger partial charge in [0.15, 0.2) is 0 Å². The summed E-state index contributed by atoms with van der Waals surface area (Å²) < 4.78 is 26.8. The molecule has 0 fully saturated rings. The van der Waals surface area contributed by atoms with Gasteiger partial charge in [-0.2, -0.15) is 0 Å². The van der Waals surface area contributed by atoms with E-state index < -0.39 is 34.9 Å². The molecule has 0 aliphatic heterocycles. The van der Waals surface area contributed by atoms with Crippen molar-refractivity contribution in [2.45, 2.75) is 0 Å². The summed E-state index contributed by atoms with van der Waals surface area (Å²) in [7, 11) is 0.